The molecule has 3 aliphatic rings. The number of hydrogen-bond donors (Lipinski definition) is 1. The van der Waals surface area contributed by atoms with E-state index in [-0.39, 0.29) is 11.9 Å². The molecule has 0 radical (unpaired) electrons. The molecule has 2 heterocycles. The summed E-state index contributed by atoms with van der Waals surface area (Å²) in [5.74, 6) is 0.596. The summed E-state index contributed by atoms with van der Waals surface area (Å²) < 4.78 is 12.2. The molecule has 2 aliphatic heterocycles. The molecule has 4 heteroatoms. The number of rotatable bonds is 4. The summed E-state index contributed by atoms with van der Waals surface area (Å²) in [6, 6.07) is 0. The molecule has 0 aromatic rings. The lowest BCUT2D eigenvalue weighted by Crippen LogP contribution is -2.41. The predicted octanol–water partition coefficient (Wildman–Crippen LogP) is 1.73. The monoisotopic (exact) mass is 268 g/mol. The van der Waals surface area contributed by atoms with Gasteiger partial charge in [0.25, 0.3) is 0 Å². The molecule has 2 atom stereocenters. The van der Waals surface area contributed by atoms with E-state index in [1.54, 1.807) is 0 Å². The first-order valence-corrected chi connectivity index (χ1v) is 8.04. The van der Waals surface area contributed by atoms with Crippen molar-refractivity contribution in [2.24, 2.45) is 11.7 Å². The second-order valence-corrected chi connectivity index (χ2v) is 6.51. The van der Waals surface area contributed by atoms with Crippen LogP contribution in [0.1, 0.15) is 44.9 Å². The average molecular weight is 268 g/mol. The molecule has 0 bridgehead atoms. The smallest absolute Gasteiger partial charge is 0.168 e. The van der Waals surface area contributed by atoms with Gasteiger partial charge in [0.05, 0.1) is 12.7 Å². The Bertz CT molecular complexity index is 290. The van der Waals surface area contributed by atoms with E-state index in [2.05, 4.69) is 4.90 Å². The van der Waals surface area contributed by atoms with Crippen molar-refractivity contribution in [3.8, 4) is 0 Å². The van der Waals surface area contributed by atoms with E-state index in [9.17, 15) is 0 Å². The number of likely N-dealkylation sites (tertiary alicyclic amines) is 1. The Balaban J connectivity index is 1.46. The van der Waals surface area contributed by atoms with Crippen LogP contribution in [-0.4, -0.2) is 49.6 Å². The van der Waals surface area contributed by atoms with Crippen LogP contribution < -0.4 is 5.73 Å². The quantitative estimate of drug-likeness (QED) is 0.843. The Morgan fingerprint density at radius 3 is 2.84 bits per heavy atom. The molecule has 4 nitrogen and oxygen atoms in total. The van der Waals surface area contributed by atoms with Gasteiger partial charge in [0.1, 0.15) is 0 Å². The Kier molecular flexibility index (Phi) is 4.42. The minimum absolute atomic E-state index is 0.197. The topological polar surface area (TPSA) is 47.7 Å². The van der Waals surface area contributed by atoms with E-state index in [0.29, 0.717) is 0 Å². The maximum Gasteiger partial charge on any atom is 0.168 e. The van der Waals surface area contributed by atoms with E-state index in [0.717, 1.165) is 38.5 Å². The molecule has 0 amide bonds. The summed E-state index contributed by atoms with van der Waals surface area (Å²) in [6.45, 7) is 5.07. The standard InChI is InChI=1S/C15H28N2O2/c16-8-5-13-4-3-9-17(10-13)11-14-12-18-15(19-14)6-1-2-7-15/h13-14H,1-12,16H2. The van der Waals surface area contributed by atoms with Crippen LogP contribution in [0.25, 0.3) is 0 Å². The van der Waals surface area contributed by atoms with Crippen LogP contribution in [0, 0.1) is 5.92 Å². The molecular weight excluding hydrogens is 240 g/mol. The maximum atomic E-state index is 6.22. The largest absolute Gasteiger partial charge is 0.347 e. The highest BCUT2D eigenvalue weighted by Gasteiger charge is 2.44. The van der Waals surface area contributed by atoms with Crippen LogP contribution in [0.3, 0.4) is 0 Å². The Hall–Kier alpha value is -0.160. The van der Waals surface area contributed by atoms with E-state index in [1.165, 1.54) is 45.2 Å². The molecule has 0 aromatic carbocycles. The molecule has 3 rings (SSSR count). The number of piperidine rings is 1. The van der Waals surface area contributed by atoms with Crippen molar-refractivity contribution in [1.29, 1.82) is 0 Å². The Morgan fingerprint density at radius 2 is 2.05 bits per heavy atom. The second kappa shape index (κ2) is 6.08. The van der Waals surface area contributed by atoms with Gasteiger partial charge in [-0.15, -0.1) is 0 Å². The minimum Gasteiger partial charge on any atom is -0.347 e. The molecular formula is C15H28N2O2. The molecule has 1 saturated carbocycles. The van der Waals surface area contributed by atoms with Crippen molar-refractivity contribution in [1.82, 2.24) is 4.90 Å². The van der Waals surface area contributed by atoms with Crippen LogP contribution in [0.2, 0.25) is 0 Å². The third-order valence-electron chi connectivity index (χ3n) is 4.92. The summed E-state index contributed by atoms with van der Waals surface area (Å²) in [6.07, 6.45) is 8.82. The van der Waals surface area contributed by atoms with Crippen molar-refractivity contribution in [2.75, 3.05) is 32.8 Å². The molecule has 19 heavy (non-hydrogen) atoms. The molecule has 1 spiro atoms. The molecule has 2 unspecified atom stereocenters. The molecule has 0 aromatic heterocycles. The van der Waals surface area contributed by atoms with Crippen LogP contribution >= 0.6 is 0 Å². The summed E-state index contributed by atoms with van der Waals surface area (Å²) >= 11 is 0. The fourth-order valence-electron chi connectivity index (χ4n) is 3.96. The van der Waals surface area contributed by atoms with Crippen molar-refractivity contribution < 1.29 is 9.47 Å². The number of hydrogen-bond acceptors (Lipinski definition) is 4. The lowest BCUT2D eigenvalue weighted by Gasteiger charge is -2.34. The van der Waals surface area contributed by atoms with Gasteiger partial charge < -0.3 is 20.1 Å². The lowest BCUT2D eigenvalue weighted by atomic mass is 9.95. The summed E-state index contributed by atoms with van der Waals surface area (Å²) in [5.41, 5.74) is 5.68. The van der Waals surface area contributed by atoms with E-state index in [1.807, 2.05) is 0 Å². The Labute approximate surface area is 116 Å². The van der Waals surface area contributed by atoms with Crippen molar-refractivity contribution in [2.45, 2.75) is 56.8 Å². The zero-order valence-electron chi connectivity index (χ0n) is 12.0. The Morgan fingerprint density at radius 1 is 1.21 bits per heavy atom. The van der Waals surface area contributed by atoms with Gasteiger partial charge >= 0.3 is 0 Å². The van der Waals surface area contributed by atoms with E-state index < -0.39 is 0 Å². The highest BCUT2D eigenvalue weighted by molar-refractivity contribution is 4.86. The summed E-state index contributed by atoms with van der Waals surface area (Å²) in [5, 5.41) is 0. The second-order valence-electron chi connectivity index (χ2n) is 6.51. The zero-order valence-corrected chi connectivity index (χ0v) is 12.0. The number of nitrogens with zero attached hydrogens (tertiary/aromatic N) is 1. The highest BCUT2D eigenvalue weighted by Crippen LogP contribution is 2.39. The van der Waals surface area contributed by atoms with Crippen LogP contribution in [-0.2, 0) is 9.47 Å². The predicted molar refractivity (Wildman–Crippen MR) is 74.9 cm³/mol. The van der Waals surface area contributed by atoms with Gasteiger partial charge in [-0.2, -0.15) is 0 Å². The summed E-state index contributed by atoms with van der Waals surface area (Å²) in [7, 11) is 0. The average Bonchev–Trinajstić information content (AvgIpc) is 3.02. The van der Waals surface area contributed by atoms with Crippen molar-refractivity contribution >= 4 is 0 Å². The molecule has 3 fully saturated rings. The molecule has 2 N–H and O–H groups in total. The molecule has 2 saturated heterocycles. The van der Waals surface area contributed by atoms with Gasteiger partial charge in [0.2, 0.25) is 0 Å². The van der Waals surface area contributed by atoms with Gasteiger partial charge in [-0.05, 0) is 51.1 Å². The maximum absolute atomic E-state index is 6.22. The van der Waals surface area contributed by atoms with E-state index in [4.69, 9.17) is 15.2 Å². The highest BCUT2D eigenvalue weighted by atomic mass is 16.7. The van der Waals surface area contributed by atoms with Gasteiger partial charge in [-0.25, -0.2) is 0 Å². The van der Waals surface area contributed by atoms with Crippen molar-refractivity contribution in [3.63, 3.8) is 0 Å². The molecule has 110 valence electrons. The number of nitrogens with two attached hydrogens (primary N) is 1. The first-order chi connectivity index (χ1) is 9.30. The molecule has 1 aliphatic carbocycles. The van der Waals surface area contributed by atoms with Gasteiger partial charge in [-0.1, -0.05) is 0 Å². The lowest BCUT2D eigenvalue weighted by molar-refractivity contribution is -0.163. The van der Waals surface area contributed by atoms with Gasteiger partial charge in [0, 0.05) is 25.9 Å². The third-order valence-corrected chi connectivity index (χ3v) is 4.92. The van der Waals surface area contributed by atoms with Gasteiger partial charge in [-0.3, -0.25) is 0 Å². The fourth-order valence-corrected chi connectivity index (χ4v) is 3.96. The van der Waals surface area contributed by atoms with Gasteiger partial charge in [0.15, 0.2) is 5.79 Å². The summed E-state index contributed by atoms with van der Waals surface area (Å²) in [4.78, 5) is 2.56. The fraction of sp³-hybridized carbons (Fsp3) is 1.00. The SMILES string of the molecule is NCCC1CCCN(CC2COC3(CCCC3)O2)C1. The first kappa shape index (κ1) is 13.8. The van der Waals surface area contributed by atoms with Crippen LogP contribution in [0.4, 0.5) is 0 Å². The van der Waals surface area contributed by atoms with Crippen molar-refractivity contribution in [3.05, 3.63) is 0 Å². The number of ether oxygens (including phenoxy) is 2. The zero-order chi connectivity index (χ0) is 13.1. The third kappa shape index (κ3) is 3.30. The first-order valence-electron chi connectivity index (χ1n) is 8.04. The van der Waals surface area contributed by atoms with Crippen LogP contribution in [0.5, 0.6) is 0 Å². The van der Waals surface area contributed by atoms with Crippen LogP contribution in [0.15, 0.2) is 0 Å². The normalized spacial score (nSPS) is 35.2. The van der Waals surface area contributed by atoms with E-state index >= 15 is 0 Å². The minimum atomic E-state index is -0.197.